The van der Waals surface area contributed by atoms with Gasteiger partial charge in [-0.2, -0.15) is 12.7 Å². The lowest BCUT2D eigenvalue weighted by molar-refractivity contribution is 0.164. The second-order valence-electron chi connectivity index (χ2n) is 3.91. The van der Waals surface area contributed by atoms with Crippen LogP contribution in [0.1, 0.15) is 5.56 Å². The van der Waals surface area contributed by atoms with Crippen LogP contribution in [0, 0.1) is 0 Å². The summed E-state index contributed by atoms with van der Waals surface area (Å²) in [6.07, 6.45) is -1.34. The molecule has 0 aromatic heterocycles. The quantitative estimate of drug-likeness (QED) is 0.863. The Morgan fingerprint density at radius 1 is 1.58 bits per heavy atom. The number of amides is 1. The maximum atomic E-state index is 11.4. The van der Waals surface area contributed by atoms with Crippen molar-refractivity contribution in [3.63, 3.8) is 0 Å². The van der Waals surface area contributed by atoms with Crippen LogP contribution < -0.4 is 0 Å². The van der Waals surface area contributed by atoms with Crippen LogP contribution in [0.25, 0.3) is 0 Å². The minimum atomic E-state index is -4.18. The molecule has 1 aromatic carbocycles. The van der Waals surface area contributed by atoms with Gasteiger partial charge in [-0.25, -0.2) is 4.79 Å². The predicted molar refractivity (Wildman–Crippen MR) is 71.4 cm³/mol. The van der Waals surface area contributed by atoms with E-state index < -0.39 is 22.4 Å². The Morgan fingerprint density at radius 2 is 2.26 bits per heavy atom. The lowest BCUT2D eigenvalue weighted by Gasteiger charge is -2.17. The molecule has 0 spiro atoms. The SMILES string of the molecule is O=C(O)N1C(Cc2ccc(Cl)cc2Br)COS1(=O)=O. The van der Waals surface area contributed by atoms with Crippen molar-refractivity contribution in [3.05, 3.63) is 33.3 Å². The molecule has 1 N–H and O–H groups in total. The molecular formula is C10H9BrClNO5S. The fourth-order valence-corrected chi connectivity index (χ4v) is 3.79. The monoisotopic (exact) mass is 369 g/mol. The van der Waals surface area contributed by atoms with Crippen molar-refractivity contribution in [2.45, 2.75) is 12.5 Å². The van der Waals surface area contributed by atoms with Crippen molar-refractivity contribution < 1.29 is 22.5 Å². The number of halogens is 2. The molecule has 1 aliphatic rings. The maximum Gasteiger partial charge on any atom is 0.423 e. The molecule has 1 saturated heterocycles. The van der Waals surface area contributed by atoms with Crippen LogP contribution in [0.3, 0.4) is 0 Å². The zero-order chi connectivity index (χ0) is 14.2. The standard InChI is InChI=1S/C10H9BrClNO5S/c11-9-4-7(12)2-1-6(9)3-8-5-18-19(16,17)13(8)10(14)15/h1-2,4,8H,3,5H2,(H,14,15). The molecule has 1 atom stereocenters. The van der Waals surface area contributed by atoms with E-state index in [1.165, 1.54) is 0 Å². The number of carboxylic acid groups (broad SMARTS) is 1. The van der Waals surface area contributed by atoms with E-state index in [9.17, 15) is 13.2 Å². The van der Waals surface area contributed by atoms with Gasteiger partial charge in [0.05, 0.1) is 12.6 Å². The third-order valence-electron chi connectivity index (χ3n) is 2.64. The Labute approximate surface area is 123 Å². The number of hydrogen-bond acceptors (Lipinski definition) is 4. The molecule has 1 amide bonds. The number of hydrogen-bond donors (Lipinski definition) is 1. The third-order valence-corrected chi connectivity index (χ3v) is 4.98. The maximum absolute atomic E-state index is 11.4. The third kappa shape index (κ3) is 3.02. The van der Waals surface area contributed by atoms with E-state index in [0.29, 0.717) is 13.8 Å². The zero-order valence-electron chi connectivity index (χ0n) is 9.42. The van der Waals surface area contributed by atoms with E-state index in [0.717, 1.165) is 5.56 Å². The highest BCUT2D eigenvalue weighted by atomic mass is 79.9. The van der Waals surface area contributed by atoms with Gasteiger partial charge < -0.3 is 5.11 Å². The molecule has 0 aliphatic carbocycles. The molecule has 1 aliphatic heterocycles. The van der Waals surface area contributed by atoms with Crippen molar-refractivity contribution in [2.75, 3.05) is 6.61 Å². The van der Waals surface area contributed by atoms with Gasteiger partial charge in [-0.3, -0.25) is 4.18 Å². The molecule has 1 unspecified atom stereocenters. The van der Waals surface area contributed by atoms with Crippen LogP contribution in [0.5, 0.6) is 0 Å². The van der Waals surface area contributed by atoms with Crippen LogP contribution >= 0.6 is 27.5 Å². The molecule has 19 heavy (non-hydrogen) atoms. The number of nitrogens with zero attached hydrogens (tertiary/aromatic N) is 1. The first kappa shape index (κ1) is 14.6. The second-order valence-corrected chi connectivity index (χ2v) is 6.69. The first-order valence-electron chi connectivity index (χ1n) is 5.17. The second kappa shape index (κ2) is 5.28. The number of rotatable bonds is 2. The summed E-state index contributed by atoms with van der Waals surface area (Å²) in [5.74, 6) is 0. The van der Waals surface area contributed by atoms with Crippen molar-refractivity contribution in [1.29, 1.82) is 0 Å². The Morgan fingerprint density at radius 3 is 2.84 bits per heavy atom. The van der Waals surface area contributed by atoms with E-state index in [2.05, 4.69) is 20.1 Å². The topological polar surface area (TPSA) is 83.9 Å². The summed E-state index contributed by atoms with van der Waals surface area (Å²) in [5, 5.41) is 9.47. The Balaban J connectivity index is 2.26. The average Bonchev–Trinajstić information content (AvgIpc) is 2.58. The Bertz CT molecular complexity index is 620. The van der Waals surface area contributed by atoms with Gasteiger partial charge in [-0.1, -0.05) is 33.6 Å². The minimum Gasteiger partial charge on any atom is -0.464 e. The first-order chi connectivity index (χ1) is 8.81. The minimum absolute atomic E-state index is 0.191. The van der Waals surface area contributed by atoms with Gasteiger partial charge in [0.1, 0.15) is 0 Å². The summed E-state index contributed by atoms with van der Waals surface area (Å²) >= 11 is 9.10. The summed E-state index contributed by atoms with van der Waals surface area (Å²) in [4.78, 5) is 11.0. The lowest BCUT2D eigenvalue weighted by Crippen LogP contribution is -2.39. The van der Waals surface area contributed by atoms with E-state index in [1.54, 1.807) is 18.2 Å². The van der Waals surface area contributed by atoms with Gasteiger partial charge in [0.25, 0.3) is 0 Å². The van der Waals surface area contributed by atoms with E-state index >= 15 is 0 Å². The molecule has 1 fully saturated rings. The normalized spacial score (nSPS) is 21.6. The number of carbonyl (C=O) groups is 1. The highest BCUT2D eigenvalue weighted by Crippen LogP contribution is 2.27. The molecule has 2 rings (SSSR count). The highest BCUT2D eigenvalue weighted by molar-refractivity contribution is 9.10. The fourth-order valence-electron chi connectivity index (χ4n) is 1.81. The summed E-state index contributed by atoms with van der Waals surface area (Å²) in [6.45, 7) is -0.191. The van der Waals surface area contributed by atoms with Crippen LogP contribution in [0.2, 0.25) is 5.02 Å². The molecule has 0 radical (unpaired) electrons. The highest BCUT2D eigenvalue weighted by Gasteiger charge is 2.42. The van der Waals surface area contributed by atoms with Crippen LogP contribution in [0.4, 0.5) is 4.79 Å². The van der Waals surface area contributed by atoms with E-state index in [1.807, 2.05) is 0 Å². The van der Waals surface area contributed by atoms with Crippen molar-refractivity contribution >= 4 is 43.9 Å². The zero-order valence-corrected chi connectivity index (χ0v) is 12.6. The summed E-state index contributed by atoms with van der Waals surface area (Å²) < 4.78 is 28.4. The van der Waals surface area contributed by atoms with Gasteiger partial charge in [-0.15, -0.1) is 0 Å². The average molecular weight is 371 g/mol. The van der Waals surface area contributed by atoms with E-state index in [4.69, 9.17) is 16.7 Å². The fraction of sp³-hybridized carbons (Fsp3) is 0.300. The summed E-state index contributed by atoms with van der Waals surface area (Å²) in [6, 6.07) is 4.24. The molecule has 6 nitrogen and oxygen atoms in total. The molecular weight excluding hydrogens is 362 g/mol. The predicted octanol–water partition coefficient (Wildman–Crippen LogP) is 2.27. The Kier molecular flexibility index (Phi) is 4.05. The summed E-state index contributed by atoms with van der Waals surface area (Å²) in [5.41, 5.74) is 0.751. The molecule has 1 heterocycles. The van der Waals surface area contributed by atoms with Gasteiger partial charge in [0.2, 0.25) is 0 Å². The van der Waals surface area contributed by atoms with Crippen molar-refractivity contribution in [1.82, 2.24) is 4.31 Å². The van der Waals surface area contributed by atoms with Crippen molar-refractivity contribution in [3.8, 4) is 0 Å². The lowest BCUT2D eigenvalue weighted by atomic mass is 10.1. The molecule has 1 aromatic rings. The van der Waals surface area contributed by atoms with Crippen LogP contribution in [0.15, 0.2) is 22.7 Å². The van der Waals surface area contributed by atoms with Gasteiger partial charge in [-0.05, 0) is 24.1 Å². The van der Waals surface area contributed by atoms with Crippen molar-refractivity contribution in [2.24, 2.45) is 0 Å². The van der Waals surface area contributed by atoms with E-state index in [-0.39, 0.29) is 13.0 Å². The largest absolute Gasteiger partial charge is 0.464 e. The van der Waals surface area contributed by atoms with Crippen LogP contribution in [-0.2, 0) is 20.9 Å². The Hall–Kier alpha value is -0.830. The molecule has 0 saturated carbocycles. The van der Waals surface area contributed by atoms with Gasteiger partial charge >= 0.3 is 16.4 Å². The molecule has 9 heteroatoms. The number of benzene rings is 1. The molecule has 104 valence electrons. The first-order valence-corrected chi connectivity index (χ1v) is 7.70. The van der Waals surface area contributed by atoms with Gasteiger partial charge in [0.15, 0.2) is 0 Å². The van der Waals surface area contributed by atoms with Crippen LogP contribution in [-0.4, -0.2) is 36.6 Å². The van der Waals surface area contributed by atoms with Gasteiger partial charge in [0, 0.05) is 9.50 Å². The molecule has 0 bridgehead atoms. The smallest absolute Gasteiger partial charge is 0.423 e. The summed E-state index contributed by atoms with van der Waals surface area (Å²) in [7, 11) is -4.18.